The molecule has 0 radical (unpaired) electrons. The van der Waals surface area contributed by atoms with E-state index in [2.05, 4.69) is 0 Å². The van der Waals surface area contributed by atoms with Gasteiger partial charge in [0, 0.05) is 0 Å². The molecular formula is C7H5ClN2O3. The lowest BCUT2D eigenvalue weighted by Crippen LogP contribution is -2.29. The van der Waals surface area contributed by atoms with Crippen LogP contribution in [-0.4, -0.2) is 10.9 Å². The van der Waals surface area contributed by atoms with Gasteiger partial charge in [-0.25, -0.2) is 10.1 Å². The van der Waals surface area contributed by atoms with Crippen LogP contribution in [0, 0.1) is 10.1 Å². The van der Waals surface area contributed by atoms with Crippen LogP contribution in [0.1, 0.15) is 10.4 Å². The summed E-state index contributed by atoms with van der Waals surface area (Å²) in [5.74, 6) is -0.824. The topological polar surface area (TPSA) is 72.2 Å². The highest BCUT2D eigenvalue weighted by atomic mass is 35.5. The summed E-state index contributed by atoms with van der Waals surface area (Å²) in [5.41, 5.74) is 1.58. The van der Waals surface area contributed by atoms with Gasteiger partial charge in [0.25, 0.3) is 0 Å². The first-order chi connectivity index (χ1) is 6.11. The summed E-state index contributed by atoms with van der Waals surface area (Å²) in [7, 11) is 0. The second kappa shape index (κ2) is 3.86. The predicted octanol–water partition coefficient (Wildman–Crippen LogP) is 1.26. The van der Waals surface area contributed by atoms with Crippen molar-refractivity contribution in [3.05, 3.63) is 45.0 Å². The highest BCUT2D eigenvalue weighted by Gasteiger charge is 2.13. The molecule has 0 heterocycles. The first-order valence-corrected chi connectivity index (χ1v) is 3.69. The predicted molar refractivity (Wildman–Crippen MR) is 45.9 cm³/mol. The molecule has 0 unspecified atom stereocenters. The minimum absolute atomic E-state index is 0.0841. The van der Waals surface area contributed by atoms with Crippen molar-refractivity contribution in [2.75, 3.05) is 0 Å². The monoisotopic (exact) mass is 200 g/mol. The molecule has 1 N–H and O–H groups in total. The molecule has 0 fully saturated rings. The number of nitrogens with zero attached hydrogens (tertiary/aromatic N) is 1. The highest BCUT2D eigenvalue weighted by molar-refractivity contribution is 6.33. The number of carbonyl (C=O) groups is 1. The van der Waals surface area contributed by atoms with E-state index >= 15 is 0 Å². The van der Waals surface area contributed by atoms with Crippen molar-refractivity contribution in [1.82, 2.24) is 5.43 Å². The molecule has 1 amide bonds. The van der Waals surface area contributed by atoms with Gasteiger partial charge in [-0.15, -0.1) is 0 Å². The van der Waals surface area contributed by atoms with E-state index in [1.807, 2.05) is 0 Å². The first-order valence-electron chi connectivity index (χ1n) is 3.31. The fourth-order valence-corrected chi connectivity index (χ4v) is 1.01. The van der Waals surface area contributed by atoms with Gasteiger partial charge in [0.2, 0.25) is 0 Å². The Balaban J connectivity index is 2.89. The number of benzene rings is 1. The van der Waals surface area contributed by atoms with Gasteiger partial charge in [-0.1, -0.05) is 29.2 Å². The van der Waals surface area contributed by atoms with Crippen molar-refractivity contribution < 1.29 is 9.83 Å². The van der Waals surface area contributed by atoms with Crippen molar-refractivity contribution in [3.8, 4) is 0 Å². The lowest BCUT2D eigenvalue weighted by atomic mass is 10.2. The van der Waals surface area contributed by atoms with Crippen LogP contribution in [0.25, 0.3) is 0 Å². The zero-order valence-electron chi connectivity index (χ0n) is 6.36. The lowest BCUT2D eigenvalue weighted by molar-refractivity contribution is -0.527. The van der Waals surface area contributed by atoms with Crippen LogP contribution in [0.3, 0.4) is 0 Å². The maximum Gasteiger partial charge on any atom is 0.312 e. The third-order valence-electron chi connectivity index (χ3n) is 1.31. The summed E-state index contributed by atoms with van der Waals surface area (Å²) >= 11 is 5.62. The minimum Gasteiger partial charge on any atom is -0.263 e. The average molecular weight is 201 g/mol. The summed E-state index contributed by atoms with van der Waals surface area (Å²) in [6.45, 7) is 0. The van der Waals surface area contributed by atoms with Gasteiger partial charge >= 0.3 is 5.91 Å². The quantitative estimate of drug-likeness (QED) is 0.577. The number of hydrazine groups is 1. The lowest BCUT2D eigenvalue weighted by Gasteiger charge is -1.98. The molecule has 0 aliphatic carbocycles. The van der Waals surface area contributed by atoms with Crippen LogP contribution in [0.5, 0.6) is 0 Å². The van der Waals surface area contributed by atoms with Crippen LogP contribution >= 0.6 is 11.6 Å². The van der Waals surface area contributed by atoms with Gasteiger partial charge in [-0.2, -0.15) is 0 Å². The second-order valence-corrected chi connectivity index (χ2v) is 2.59. The van der Waals surface area contributed by atoms with Crippen LogP contribution < -0.4 is 5.43 Å². The Labute approximate surface area is 78.4 Å². The van der Waals surface area contributed by atoms with Crippen LogP contribution in [0.2, 0.25) is 5.02 Å². The molecule has 5 nitrogen and oxygen atoms in total. The highest BCUT2D eigenvalue weighted by Crippen LogP contribution is 2.14. The van der Waals surface area contributed by atoms with Crippen molar-refractivity contribution in [3.63, 3.8) is 0 Å². The number of nitro groups is 1. The number of rotatable bonds is 2. The molecule has 0 aliphatic rings. The first kappa shape index (κ1) is 9.47. The zero-order chi connectivity index (χ0) is 9.84. The molecule has 1 rings (SSSR count). The Morgan fingerprint density at radius 3 is 2.62 bits per heavy atom. The fourth-order valence-electron chi connectivity index (χ4n) is 0.788. The molecule has 0 atom stereocenters. The van der Waals surface area contributed by atoms with E-state index in [0.29, 0.717) is 0 Å². The maximum absolute atomic E-state index is 11.0. The van der Waals surface area contributed by atoms with Crippen molar-refractivity contribution in [2.24, 2.45) is 0 Å². The van der Waals surface area contributed by atoms with Gasteiger partial charge in [0.15, 0.2) is 5.03 Å². The number of carbonyl (C=O) groups excluding carboxylic acids is 1. The number of hydrogen-bond acceptors (Lipinski definition) is 3. The Hall–Kier alpha value is -1.62. The van der Waals surface area contributed by atoms with Crippen molar-refractivity contribution in [1.29, 1.82) is 0 Å². The van der Waals surface area contributed by atoms with Gasteiger partial charge in [0.1, 0.15) is 0 Å². The maximum atomic E-state index is 11.0. The number of hydrogen-bond donors (Lipinski definition) is 1. The Morgan fingerprint density at radius 2 is 2.08 bits per heavy atom. The van der Waals surface area contributed by atoms with Crippen LogP contribution in [0.4, 0.5) is 0 Å². The molecular weight excluding hydrogens is 196 g/mol. The molecule has 0 spiro atoms. The normalized spacial score (nSPS) is 9.31. The summed E-state index contributed by atoms with van der Waals surface area (Å²) < 4.78 is 0. The van der Waals surface area contributed by atoms with E-state index in [1.165, 1.54) is 17.6 Å². The van der Waals surface area contributed by atoms with Gasteiger partial charge in [-0.05, 0) is 12.1 Å². The third kappa shape index (κ3) is 2.41. The summed E-state index contributed by atoms with van der Waals surface area (Å²) in [6.07, 6.45) is 0. The Bertz CT molecular complexity index is 353. The van der Waals surface area contributed by atoms with E-state index in [1.54, 1.807) is 12.1 Å². The number of amides is 1. The molecule has 0 aromatic heterocycles. The van der Waals surface area contributed by atoms with E-state index < -0.39 is 10.9 Å². The third-order valence-corrected chi connectivity index (χ3v) is 1.64. The summed E-state index contributed by atoms with van der Waals surface area (Å²) in [6, 6.07) is 6.09. The van der Waals surface area contributed by atoms with Crippen LogP contribution in [0.15, 0.2) is 24.3 Å². The fraction of sp³-hybridized carbons (Fsp3) is 0. The average Bonchev–Trinajstić information content (AvgIpc) is 2.03. The molecule has 0 saturated carbocycles. The molecule has 0 bridgehead atoms. The Morgan fingerprint density at radius 1 is 1.46 bits per heavy atom. The second-order valence-electron chi connectivity index (χ2n) is 2.18. The van der Waals surface area contributed by atoms with Gasteiger partial charge in [0.05, 0.1) is 10.6 Å². The van der Waals surface area contributed by atoms with E-state index in [4.69, 9.17) is 11.6 Å². The molecule has 13 heavy (non-hydrogen) atoms. The molecule has 0 aliphatic heterocycles. The zero-order valence-corrected chi connectivity index (χ0v) is 7.12. The number of halogens is 1. The summed E-state index contributed by atoms with van der Waals surface area (Å²) in [5, 5.41) is 9.18. The van der Waals surface area contributed by atoms with Crippen molar-refractivity contribution in [2.45, 2.75) is 0 Å². The molecule has 6 heteroatoms. The van der Waals surface area contributed by atoms with Gasteiger partial charge < -0.3 is 0 Å². The summed E-state index contributed by atoms with van der Waals surface area (Å²) in [4.78, 5) is 21.0. The molecule has 1 aromatic carbocycles. The largest absolute Gasteiger partial charge is 0.312 e. The SMILES string of the molecule is O=C(N[N+](=O)[O-])c1ccccc1Cl. The standard InChI is InChI=1S/C7H5ClN2O3/c8-6-4-2-1-3-5(6)7(11)9-10(12)13/h1-4H,(H,9,11). The smallest absolute Gasteiger partial charge is 0.263 e. The van der Waals surface area contributed by atoms with E-state index in [-0.39, 0.29) is 10.6 Å². The Kier molecular flexibility index (Phi) is 2.81. The van der Waals surface area contributed by atoms with Gasteiger partial charge in [-0.3, -0.25) is 4.79 Å². The minimum atomic E-state index is -0.925. The van der Waals surface area contributed by atoms with E-state index in [9.17, 15) is 14.9 Å². The number of nitrogens with one attached hydrogen (secondary N) is 1. The van der Waals surface area contributed by atoms with Crippen LogP contribution in [-0.2, 0) is 0 Å². The van der Waals surface area contributed by atoms with E-state index in [0.717, 1.165) is 0 Å². The van der Waals surface area contributed by atoms with Crippen molar-refractivity contribution >= 4 is 17.5 Å². The molecule has 0 saturated heterocycles. The molecule has 68 valence electrons. The molecule has 1 aromatic rings.